The van der Waals surface area contributed by atoms with Crippen LogP contribution in [0.1, 0.15) is 32.1 Å². The van der Waals surface area contributed by atoms with Crippen molar-refractivity contribution in [2.75, 3.05) is 13.1 Å². The highest BCUT2D eigenvalue weighted by Gasteiger charge is 2.56. The summed E-state index contributed by atoms with van der Waals surface area (Å²) in [5.41, 5.74) is 1.15. The number of pyridine rings is 1. The first-order valence-electron chi connectivity index (χ1n) is 9.46. The van der Waals surface area contributed by atoms with Gasteiger partial charge in [-0.25, -0.2) is 4.98 Å². The van der Waals surface area contributed by atoms with Gasteiger partial charge in [0, 0.05) is 29.9 Å². The van der Waals surface area contributed by atoms with Gasteiger partial charge in [-0.05, 0) is 37.3 Å². The summed E-state index contributed by atoms with van der Waals surface area (Å²) in [5, 5.41) is 5.03. The van der Waals surface area contributed by atoms with Crippen LogP contribution < -0.4 is 0 Å². The van der Waals surface area contributed by atoms with Crippen molar-refractivity contribution >= 4 is 23.4 Å². The highest BCUT2D eigenvalue weighted by Crippen LogP contribution is 2.43. The topological polar surface area (TPSA) is 71.3 Å². The standard InChI is InChI=1S/C21H17ClFN5O2/c1-13-10-17-20(30)27-9-8-26(19(29)14-2-7-18(23)24-11-14)21(27,12-28(17)25-13)15-3-5-16(22)6-4-15/h2-7,10-11H,8-9,12H2,1H3. The molecule has 2 aliphatic heterocycles. The Morgan fingerprint density at radius 2 is 1.93 bits per heavy atom. The Balaban J connectivity index is 1.68. The molecule has 2 amide bonds. The molecule has 1 aromatic carbocycles. The minimum absolute atomic E-state index is 0.190. The Morgan fingerprint density at radius 1 is 1.17 bits per heavy atom. The summed E-state index contributed by atoms with van der Waals surface area (Å²) in [6.07, 6.45) is 1.21. The van der Waals surface area contributed by atoms with Crippen LogP contribution in [0.15, 0.2) is 48.7 Å². The van der Waals surface area contributed by atoms with Crippen molar-refractivity contribution in [1.29, 1.82) is 0 Å². The molecular weight excluding hydrogens is 409 g/mol. The summed E-state index contributed by atoms with van der Waals surface area (Å²) in [6, 6.07) is 11.4. The zero-order chi connectivity index (χ0) is 21.0. The fraction of sp³-hybridized carbons (Fsp3) is 0.238. The number of halogens is 2. The number of nitrogens with zero attached hydrogens (tertiary/aromatic N) is 5. The van der Waals surface area contributed by atoms with Gasteiger partial charge in [0.15, 0.2) is 5.66 Å². The van der Waals surface area contributed by atoms with Crippen LogP contribution in [0.25, 0.3) is 0 Å². The Hall–Kier alpha value is -3.26. The van der Waals surface area contributed by atoms with Crippen molar-refractivity contribution in [2.45, 2.75) is 19.1 Å². The molecule has 9 heteroatoms. The number of fused-ring (bicyclic) bond motifs is 2. The lowest BCUT2D eigenvalue weighted by molar-refractivity contribution is -0.00852. The second kappa shape index (κ2) is 6.63. The fourth-order valence-corrected chi connectivity index (χ4v) is 4.51. The SMILES string of the molecule is Cc1cc2n(n1)CC1(c3ccc(Cl)cc3)N(C(=O)c3ccc(F)nc3)CCN1C2=O. The van der Waals surface area contributed by atoms with Gasteiger partial charge in [0.05, 0.1) is 17.8 Å². The molecule has 1 atom stereocenters. The van der Waals surface area contributed by atoms with Gasteiger partial charge in [0.25, 0.3) is 11.8 Å². The van der Waals surface area contributed by atoms with Crippen LogP contribution in [0.5, 0.6) is 0 Å². The number of hydrogen-bond donors (Lipinski definition) is 0. The maximum absolute atomic E-state index is 13.5. The maximum Gasteiger partial charge on any atom is 0.274 e. The minimum Gasteiger partial charge on any atom is -0.308 e. The first-order valence-corrected chi connectivity index (χ1v) is 9.84. The molecule has 0 N–H and O–H groups in total. The number of aromatic nitrogens is 3. The summed E-state index contributed by atoms with van der Waals surface area (Å²) in [6.45, 7) is 2.80. The molecule has 1 saturated heterocycles. The van der Waals surface area contributed by atoms with Gasteiger partial charge in [0.2, 0.25) is 5.95 Å². The van der Waals surface area contributed by atoms with Crippen molar-refractivity contribution in [1.82, 2.24) is 24.6 Å². The van der Waals surface area contributed by atoms with Crippen LogP contribution in [0.4, 0.5) is 4.39 Å². The van der Waals surface area contributed by atoms with Crippen LogP contribution in [0.2, 0.25) is 5.02 Å². The average Bonchev–Trinajstić information content (AvgIpc) is 3.30. The molecular formula is C21H17ClFN5O2. The summed E-state index contributed by atoms with van der Waals surface area (Å²) in [4.78, 5) is 33.8. The van der Waals surface area contributed by atoms with E-state index in [0.29, 0.717) is 23.8 Å². The zero-order valence-corrected chi connectivity index (χ0v) is 16.8. The second-order valence-corrected chi connectivity index (χ2v) is 7.87. The molecule has 2 aliphatic rings. The van der Waals surface area contributed by atoms with E-state index in [9.17, 15) is 14.0 Å². The van der Waals surface area contributed by atoms with Crippen LogP contribution in [-0.2, 0) is 12.2 Å². The number of amides is 2. The quantitative estimate of drug-likeness (QED) is 0.592. The summed E-state index contributed by atoms with van der Waals surface area (Å²) >= 11 is 6.09. The summed E-state index contributed by atoms with van der Waals surface area (Å²) < 4.78 is 14.9. The Bertz CT molecular complexity index is 1160. The largest absolute Gasteiger partial charge is 0.308 e. The third kappa shape index (κ3) is 2.64. The maximum atomic E-state index is 13.5. The van der Waals surface area contributed by atoms with Crippen molar-refractivity contribution in [3.63, 3.8) is 0 Å². The Morgan fingerprint density at radius 3 is 2.63 bits per heavy atom. The normalized spacial score (nSPS) is 20.3. The van der Waals surface area contributed by atoms with E-state index >= 15 is 0 Å². The van der Waals surface area contributed by atoms with E-state index in [2.05, 4.69) is 10.1 Å². The van der Waals surface area contributed by atoms with Crippen molar-refractivity contribution < 1.29 is 14.0 Å². The van der Waals surface area contributed by atoms with E-state index in [1.165, 1.54) is 12.3 Å². The van der Waals surface area contributed by atoms with Crippen molar-refractivity contribution in [3.8, 4) is 0 Å². The van der Waals surface area contributed by atoms with Crippen LogP contribution >= 0.6 is 11.6 Å². The van der Waals surface area contributed by atoms with Crippen LogP contribution in [-0.4, -0.2) is 49.5 Å². The zero-order valence-electron chi connectivity index (χ0n) is 16.0. The van der Waals surface area contributed by atoms with Gasteiger partial charge in [-0.15, -0.1) is 0 Å². The molecule has 0 radical (unpaired) electrons. The molecule has 1 unspecified atom stereocenters. The molecule has 3 aromatic rings. The van der Waals surface area contributed by atoms with Gasteiger partial charge in [-0.3, -0.25) is 14.3 Å². The lowest BCUT2D eigenvalue weighted by Gasteiger charge is -2.46. The van der Waals surface area contributed by atoms with Gasteiger partial charge in [0.1, 0.15) is 5.69 Å². The number of hydrogen-bond acceptors (Lipinski definition) is 4. The second-order valence-electron chi connectivity index (χ2n) is 7.44. The fourth-order valence-electron chi connectivity index (χ4n) is 4.39. The monoisotopic (exact) mass is 425 g/mol. The van der Waals surface area contributed by atoms with Crippen LogP contribution in [0, 0.1) is 12.9 Å². The molecule has 4 heterocycles. The first-order chi connectivity index (χ1) is 14.4. The summed E-state index contributed by atoms with van der Waals surface area (Å²) in [5.74, 6) is -1.18. The van der Waals surface area contributed by atoms with Crippen molar-refractivity contribution in [3.05, 3.63) is 82.1 Å². The smallest absolute Gasteiger partial charge is 0.274 e. The molecule has 0 saturated carbocycles. The molecule has 0 aliphatic carbocycles. The molecule has 7 nitrogen and oxygen atoms in total. The lowest BCUT2D eigenvalue weighted by atomic mass is 9.94. The van der Waals surface area contributed by atoms with E-state index in [-0.39, 0.29) is 23.9 Å². The average molecular weight is 426 g/mol. The summed E-state index contributed by atoms with van der Waals surface area (Å²) in [7, 11) is 0. The van der Waals surface area contributed by atoms with Crippen LogP contribution in [0.3, 0.4) is 0 Å². The molecule has 2 aromatic heterocycles. The minimum atomic E-state index is -1.07. The molecule has 1 fully saturated rings. The highest BCUT2D eigenvalue weighted by atomic mass is 35.5. The Labute approximate surface area is 176 Å². The number of rotatable bonds is 2. The van der Waals surface area contributed by atoms with E-state index in [1.54, 1.807) is 32.7 Å². The number of aryl methyl sites for hydroxylation is 1. The predicted molar refractivity (Wildman–Crippen MR) is 106 cm³/mol. The first kappa shape index (κ1) is 18.7. The third-order valence-electron chi connectivity index (χ3n) is 5.70. The number of carbonyl (C=O) groups excluding carboxylic acids is 2. The van der Waals surface area contributed by atoms with Gasteiger partial charge in [-0.1, -0.05) is 23.7 Å². The number of carbonyl (C=O) groups is 2. The van der Waals surface area contributed by atoms with Gasteiger partial charge >= 0.3 is 0 Å². The van der Waals surface area contributed by atoms with Gasteiger partial charge in [-0.2, -0.15) is 9.49 Å². The Kier molecular flexibility index (Phi) is 4.14. The molecule has 152 valence electrons. The molecule has 0 bridgehead atoms. The van der Waals surface area contributed by atoms with E-state index in [4.69, 9.17) is 11.6 Å². The third-order valence-corrected chi connectivity index (χ3v) is 5.95. The predicted octanol–water partition coefficient (Wildman–Crippen LogP) is 2.84. The molecule has 5 rings (SSSR count). The molecule has 0 spiro atoms. The number of benzene rings is 1. The van der Waals surface area contributed by atoms with E-state index in [0.717, 1.165) is 17.3 Å². The van der Waals surface area contributed by atoms with E-state index < -0.39 is 11.6 Å². The molecule has 30 heavy (non-hydrogen) atoms. The van der Waals surface area contributed by atoms with Gasteiger partial charge < -0.3 is 9.80 Å². The van der Waals surface area contributed by atoms with E-state index in [1.807, 2.05) is 19.1 Å². The van der Waals surface area contributed by atoms with Crippen molar-refractivity contribution in [2.24, 2.45) is 0 Å². The lowest BCUT2D eigenvalue weighted by Crippen LogP contribution is -2.60. The highest BCUT2D eigenvalue weighted by molar-refractivity contribution is 6.30.